The number of aliphatic hydroxyl groups is 3. The molecular formula is C27H40FNO8. The highest BCUT2D eigenvalue weighted by Crippen LogP contribution is 2.53. The van der Waals surface area contributed by atoms with Crippen molar-refractivity contribution >= 4 is 17.8 Å². The summed E-state index contributed by atoms with van der Waals surface area (Å²) < 4.78 is 31.3. The predicted molar refractivity (Wildman–Crippen MR) is 131 cm³/mol. The third kappa shape index (κ3) is 6.47. The van der Waals surface area contributed by atoms with Crippen LogP contribution in [0.1, 0.15) is 91.1 Å². The molecule has 1 aromatic rings. The minimum atomic E-state index is -2.12. The molecule has 0 spiro atoms. The van der Waals surface area contributed by atoms with Crippen LogP contribution in [0.4, 0.5) is 4.39 Å². The maximum Gasteiger partial charge on any atom is 0.306 e. The summed E-state index contributed by atoms with van der Waals surface area (Å²) in [5.41, 5.74) is -1.96. The van der Waals surface area contributed by atoms with Crippen molar-refractivity contribution in [3.05, 3.63) is 23.7 Å². The van der Waals surface area contributed by atoms with Crippen LogP contribution in [0.15, 0.2) is 16.5 Å². The van der Waals surface area contributed by atoms with E-state index in [1.165, 1.54) is 0 Å². The fraction of sp³-hybridized carbons (Fsp3) is 0.741. The highest BCUT2D eigenvalue weighted by atomic mass is 19.1. The molecule has 2 fully saturated rings. The highest BCUT2D eigenvalue weighted by Gasteiger charge is 2.72. The number of nitrogens with zero attached hydrogens (tertiary/aromatic N) is 1. The number of Topliss-reactive ketones (excluding diaryl/α,β-unsaturated/α-hetero) is 1. The second kappa shape index (κ2) is 11.3. The lowest BCUT2D eigenvalue weighted by Crippen LogP contribution is -2.46. The van der Waals surface area contributed by atoms with E-state index in [1.54, 1.807) is 20.8 Å². The number of halogens is 1. The number of hydrogen-bond donors (Lipinski definition) is 3. The summed E-state index contributed by atoms with van der Waals surface area (Å²) in [6.07, 6.45) is 1.45. The fourth-order valence-electron chi connectivity index (χ4n) is 5.23. The number of epoxide rings is 1. The molecule has 0 saturated carbocycles. The van der Waals surface area contributed by atoms with Crippen LogP contribution in [0, 0.1) is 17.3 Å². The zero-order chi connectivity index (χ0) is 27.6. The molecule has 1 aromatic heterocycles. The third-order valence-electron chi connectivity index (χ3n) is 7.83. The second-order valence-corrected chi connectivity index (χ2v) is 11.3. The number of rotatable bonds is 4. The van der Waals surface area contributed by atoms with E-state index in [9.17, 15) is 19.8 Å². The van der Waals surface area contributed by atoms with Crippen molar-refractivity contribution < 1.29 is 43.2 Å². The van der Waals surface area contributed by atoms with Crippen molar-refractivity contribution in [2.45, 2.75) is 110 Å². The average Bonchev–Trinajstić information content (AvgIpc) is 3.16. The summed E-state index contributed by atoms with van der Waals surface area (Å²) in [5, 5.41) is 31.2. The molecule has 0 radical (unpaired) electrons. The van der Waals surface area contributed by atoms with Gasteiger partial charge in [-0.1, -0.05) is 40.5 Å². The van der Waals surface area contributed by atoms with Gasteiger partial charge >= 0.3 is 5.97 Å². The van der Waals surface area contributed by atoms with Crippen molar-refractivity contribution in [3.8, 4) is 0 Å². The normalized spacial score (nSPS) is 36.1. The Morgan fingerprint density at radius 3 is 2.59 bits per heavy atom. The van der Waals surface area contributed by atoms with Gasteiger partial charge in [0, 0.05) is 23.8 Å². The van der Waals surface area contributed by atoms with E-state index in [4.69, 9.17) is 19.0 Å². The summed E-state index contributed by atoms with van der Waals surface area (Å²) in [6.45, 7) is 8.79. The molecule has 10 heteroatoms. The standard InChI is InChI=1S/C27H40FNO8/c1-6-17-12-16(2)8-7-10-26(5)27(34,37-26)24(33)22(19(28)13-18-15-35-20(14-30)29-18)36-21(31)9-11-25(3,4)23(17)32/h13,15-17,22,24,30,33-34H,6-12,14H2,1-5H3. The Labute approximate surface area is 217 Å². The first-order valence-electron chi connectivity index (χ1n) is 13.0. The van der Waals surface area contributed by atoms with Crippen LogP contribution in [0.2, 0.25) is 0 Å². The summed E-state index contributed by atoms with van der Waals surface area (Å²) in [5.74, 6) is -3.88. The van der Waals surface area contributed by atoms with Crippen LogP contribution in [-0.4, -0.2) is 55.7 Å². The van der Waals surface area contributed by atoms with E-state index in [2.05, 4.69) is 11.9 Å². The number of hydrogen-bond acceptors (Lipinski definition) is 9. The zero-order valence-corrected chi connectivity index (χ0v) is 22.3. The number of ether oxygens (including phenoxy) is 2. The number of cyclic esters (lactones) is 1. The van der Waals surface area contributed by atoms with Crippen LogP contribution >= 0.6 is 0 Å². The molecular weight excluding hydrogens is 485 g/mol. The van der Waals surface area contributed by atoms with Gasteiger partial charge in [0.1, 0.15) is 35.8 Å². The van der Waals surface area contributed by atoms with Gasteiger partial charge in [-0.05, 0) is 38.5 Å². The smallest absolute Gasteiger partial charge is 0.306 e. The molecule has 0 bridgehead atoms. The first-order valence-corrected chi connectivity index (χ1v) is 13.0. The minimum Gasteiger partial charge on any atom is -0.452 e. The van der Waals surface area contributed by atoms with Gasteiger partial charge in [0.25, 0.3) is 0 Å². The molecule has 3 heterocycles. The van der Waals surface area contributed by atoms with Gasteiger partial charge in [-0.15, -0.1) is 0 Å². The van der Waals surface area contributed by atoms with E-state index in [0.29, 0.717) is 19.3 Å². The summed E-state index contributed by atoms with van der Waals surface area (Å²) >= 11 is 0. The molecule has 2 saturated heterocycles. The van der Waals surface area contributed by atoms with Crippen molar-refractivity contribution in [1.82, 2.24) is 4.98 Å². The monoisotopic (exact) mass is 525 g/mol. The lowest BCUT2D eigenvalue weighted by molar-refractivity contribution is -0.167. The summed E-state index contributed by atoms with van der Waals surface area (Å²) in [4.78, 5) is 30.0. The Morgan fingerprint density at radius 1 is 1.27 bits per heavy atom. The number of fused-ring (bicyclic) bond motifs is 1. The van der Waals surface area contributed by atoms with Crippen LogP contribution in [0.5, 0.6) is 0 Å². The Kier molecular flexibility index (Phi) is 8.99. The van der Waals surface area contributed by atoms with Gasteiger partial charge in [-0.3, -0.25) is 9.59 Å². The minimum absolute atomic E-state index is 0.00488. The number of aliphatic hydroxyl groups excluding tert-OH is 2. The third-order valence-corrected chi connectivity index (χ3v) is 7.83. The largest absolute Gasteiger partial charge is 0.452 e. The van der Waals surface area contributed by atoms with E-state index >= 15 is 4.39 Å². The molecule has 0 aliphatic carbocycles. The average molecular weight is 526 g/mol. The lowest BCUT2D eigenvalue weighted by atomic mass is 9.74. The number of carbonyl (C=O) groups excluding carboxylic acids is 2. The lowest BCUT2D eigenvalue weighted by Gasteiger charge is -2.30. The zero-order valence-electron chi connectivity index (χ0n) is 22.3. The van der Waals surface area contributed by atoms with Crippen LogP contribution in [0.3, 0.4) is 0 Å². The van der Waals surface area contributed by atoms with Gasteiger partial charge in [0.05, 0.1) is 0 Å². The first-order chi connectivity index (χ1) is 17.3. The maximum atomic E-state index is 15.4. The Balaban J connectivity index is 1.91. The maximum absolute atomic E-state index is 15.4. The Morgan fingerprint density at radius 2 is 1.97 bits per heavy atom. The summed E-state index contributed by atoms with van der Waals surface area (Å²) in [6, 6.07) is 0. The van der Waals surface area contributed by atoms with Crippen molar-refractivity contribution in [3.63, 3.8) is 0 Å². The van der Waals surface area contributed by atoms with Crippen molar-refractivity contribution in [2.24, 2.45) is 17.3 Å². The molecule has 9 nitrogen and oxygen atoms in total. The highest BCUT2D eigenvalue weighted by molar-refractivity contribution is 5.86. The number of esters is 1. The molecule has 6 atom stereocenters. The van der Waals surface area contributed by atoms with Crippen LogP contribution in [0.25, 0.3) is 6.08 Å². The SMILES string of the molecule is CCC1CC(C)CCCC2(C)OC2(O)C(O)C(C(F)=Cc2coc(CO)n2)OC(=O)CCC(C)(C)C1=O. The molecule has 3 rings (SSSR count). The summed E-state index contributed by atoms with van der Waals surface area (Å²) in [7, 11) is 0. The number of ketones is 1. The second-order valence-electron chi connectivity index (χ2n) is 11.3. The van der Waals surface area contributed by atoms with Gasteiger partial charge < -0.3 is 29.2 Å². The van der Waals surface area contributed by atoms with Gasteiger partial charge in [0.2, 0.25) is 11.7 Å². The van der Waals surface area contributed by atoms with Gasteiger partial charge in [-0.25, -0.2) is 9.37 Å². The molecule has 3 N–H and O–H groups in total. The van der Waals surface area contributed by atoms with Gasteiger partial charge in [0.15, 0.2) is 12.2 Å². The Bertz CT molecular complexity index is 1010. The molecule has 2 aliphatic heterocycles. The fourth-order valence-corrected chi connectivity index (χ4v) is 5.23. The predicted octanol–water partition coefficient (Wildman–Crippen LogP) is 3.84. The molecule has 208 valence electrons. The molecule has 37 heavy (non-hydrogen) atoms. The quantitative estimate of drug-likeness (QED) is 0.395. The van der Waals surface area contributed by atoms with Crippen LogP contribution < -0.4 is 0 Å². The molecule has 0 amide bonds. The van der Waals surface area contributed by atoms with E-state index in [-0.39, 0.29) is 42.0 Å². The Hall–Kier alpha value is -2.14. The van der Waals surface area contributed by atoms with Crippen molar-refractivity contribution in [1.29, 1.82) is 0 Å². The van der Waals surface area contributed by atoms with Crippen molar-refractivity contribution in [2.75, 3.05) is 0 Å². The molecule has 6 unspecified atom stereocenters. The van der Waals surface area contributed by atoms with E-state index in [1.807, 2.05) is 6.92 Å². The number of aromatic nitrogens is 1. The number of oxazole rings is 1. The van der Waals surface area contributed by atoms with Gasteiger partial charge in [-0.2, -0.15) is 0 Å². The molecule has 2 aliphatic rings. The number of carbonyl (C=O) groups is 2. The first kappa shape index (κ1) is 29.4. The van der Waals surface area contributed by atoms with E-state index < -0.39 is 47.4 Å². The molecule has 0 aromatic carbocycles. The topological polar surface area (TPSA) is 143 Å². The van der Waals surface area contributed by atoms with Crippen LogP contribution in [-0.2, 0) is 25.7 Å². The van der Waals surface area contributed by atoms with E-state index in [0.717, 1.165) is 25.2 Å².